The van der Waals surface area contributed by atoms with Crippen molar-refractivity contribution in [3.8, 4) is 5.75 Å². The van der Waals surface area contributed by atoms with Crippen LogP contribution in [0.2, 0.25) is 0 Å². The highest BCUT2D eigenvalue weighted by molar-refractivity contribution is 5.99. The number of amidine groups is 1. The van der Waals surface area contributed by atoms with Gasteiger partial charge in [-0.3, -0.25) is 10.7 Å². The Hall–Kier alpha value is -3.40. The van der Waals surface area contributed by atoms with Crippen LogP contribution in [-0.2, 0) is 4.74 Å². The molecule has 176 valence electrons. The minimum Gasteiger partial charge on any atom is -0.444 e. The van der Waals surface area contributed by atoms with Crippen LogP contribution in [0.15, 0.2) is 53.5 Å². The van der Waals surface area contributed by atoms with Crippen LogP contribution in [0, 0.1) is 5.41 Å². The summed E-state index contributed by atoms with van der Waals surface area (Å²) in [6.45, 7) is 5.44. The number of quaternary nitrogens is 1. The van der Waals surface area contributed by atoms with Crippen molar-refractivity contribution < 1.29 is 32.8 Å². The monoisotopic (exact) mass is 463 g/mol. The second-order valence-corrected chi connectivity index (χ2v) is 8.63. The smallest absolute Gasteiger partial charge is 0.444 e. The molecule has 0 aliphatic heterocycles. The topological polar surface area (TPSA) is 100 Å². The zero-order valence-electron chi connectivity index (χ0n) is 18.4. The zero-order valence-corrected chi connectivity index (χ0v) is 18.4. The molecule has 33 heavy (non-hydrogen) atoms. The zero-order chi connectivity index (χ0) is 24.2. The molecule has 3 rings (SSSR count). The number of nitrogens with one attached hydrogen (secondary N) is 2. The molecule has 1 aliphatic carbocycles. The largest absolute Gasteiger partial charge is 0.573 e. The standard InChI is InChI=1S/C23H25F3N4O3/c1-22(2,3)33-21(31)30-19-12-18(19)14-4-6-15(7-5-14)20(27)29-13-28-16-8-10-17(11-9-16)32-23(24,25)26/h4-11,13,18-19H,12H2,1-3H3,(H,30,31)(H2,27,28,29)/p+1. The molecular formula is C23H26F3N4O3+. The van der Waals surface area contributed by atoms with Crippen LogP contribution >= 0.6 is 0 Å². The number of carbonyl (C=O) groups is 1. The van der Waals surface area contributed by atoms with E-state index in [2.05, 4.69) is 15.0 Å². The van der Waals surface area contributed by atoms with Crippen molar-refractivity contribution in [1.82, 2.24) is 5.32 Å². The lowest BCUT2D eigenvalue weighted by molar-refractivity contribution is -0.432. The molecule has 10 heteroatoms. The van der Waals surface area contributed by atoms with Crippen LogP contribution in [0.3, 0.4) is 0 Å². The van der Waals surface area contributed by atoms with Gasteiger partial charge in [0.05, 0.1) is 0 Å². The van der Waals surface area contributed by atoms with E-state index in [0.717, 1.165) is 12.0 Å². The maximum absolute atomic E-state index is 12.2. The quantitative estimate of drug-likeness (QED) is 0.340. The Morgan fingerprint density at radius 1 is 1.12 bits per heavy atom. The first-order valence-electron chi connectivity index (χ1n) is 10.3. The van der Waals surface area contributed by atoms with Crippen LogP contribution in [0.5, 0.6) is 5.75 Å². The molecule has 1 aliphatic rings. The van der Waals surface area contributed by atoms with E-state index in [9.17, 15) is 18.0 Å². The lowest BCUT2D eigenvalue weighted by Gasteiger charge is -2.19. The van der Waals surface area contributed by atoms with Crippen molar-refractivity contribution in [2.75, 3.05) is 0 Å². The number of amides is 1. The summed E-state index contributed by atoms with van der Waals surface area (Å²) in [5.41, 5.74) is 1.76. The molecule has 2 aromatic carbocycles. The maximum atomic E-state index is 12.2. The molecule has 2 aromatic rings. The first-order valence-corrected chi connectivity index (χ1v) is 10.3. The molecule has 0 spiro atoms. The summed E-state index contributed by atoms with van der Waals surface area (Å²) < 4.78 is 45.7. The molecule has 0 radical (unpaired) electrons. The number of alkyl carbamates (subject to hydrolysis) is 1. The third-order valence-corrected chi connectivity index (χ3v) is 4.69. The average Bonchev–Trinajstić information content (AvgIpc) is 3.45. The van der Waals surface area contributed by atoms with Gasteiger partial charge in [0.25, 0.3) is 0 Å². The van der Waals surface area contributed by atoms with Crippen molar-refractivity contribution in [3.63, 3.8) is 0 Å². The second kappa shape index (κ2) is 9.62. The molecule has 0 bridgehead atoms. The van der Waals surface area contributed by atoms with Gasteiger partial charge in [0.1, 0.15) is 17.0 Å². The molecule has 0 saturated heterocycles. The first-order chi connectivity index (χ1) is 15.4. The van der Waals surface area contributed by atoms with E-state index < -0.39 is 18.1 Å². The summed E-state index contributed by atoms with van der Waals surface area (Å²) >= 11 is 0. The molecule has 2 unspecified atom stereocenters. The fourth-order valence-corrected chi connectivity index (χ4v) is 3.12. The van der Waals surface area contributed by atoms with E-state index in [0.29, 0.717) is 11.3 Å². The normalized spacial score (nSPS) is 18.1. The third-order valence-electron chi connectivity index (χ3n) is 4.69. The number of benzene rings is 2. The predicted molar refractivity (Wildman–Crippen MR) is 117 cm³/mol. The van der Waals surface area contributed by atoms with E-state index in [-0.39, 0.29) is 23.5 Å². The summed E-state index contributed by atoms with van der Waals surface area (Å²) in [6, 6.07) is 12.8. The number of carbonyl (C=O) groups excluding carboxylic acids is 1. The van der Waals surface area contributed by atoms with Gasteiger partial charge in [0.15, 0.2) is 12.2 Å². The van der Waals surface area contributed by atoms with Gasteiger partial charge < -0.3 is 14.8 Å². The molecular weight excluding hydrogens is 437 g/mol. The van der Waals surface area contributed by atoms with Gasteiger partial charge in [-0.1, -0.05) is 24.3 Å². The third kappa shape index (κ3) is 7.90. The fourth-order valence-electron chi connectivity index (χ4n) is 3.12. The number of nitrogens with zero attached hydrogens (tertiary/aromatic N) is 1. The van der Waals surface area contributed by atoms with Crippen molar-refractivity contribution >= 4 is 24.0 Å². The van der Waals surface area contributed by atoms with Gasteiger partial charge >= 0.3 is 12.5 Å². The molecule has 1 fully saturated rings. The van der Waals surface area contributed by atoms with Crippen molar-refractivity contribution in [2.24, 2.45) is 4.99 Å². The van der Waals surface area contributed by atoms with Crippen LogP contribution in [0.1, 0.15) is 44.2 Å². The summed E-state index contributed by atoms with van der Waals surface area (Å²) in [5.74, 6) is -0.0421. The fraction of sp³-hybridized carbons (Fsp3) is 0.348. The number of ether oxygens (including phenoxy) is 2. The predicted octanol–water partition coefficient (Wildman–Crippen LogP) is 4.21. The van der Waals surface area contributed by atoms with Crippen molar-refractivity contribution in [2.45, 2.75) is 51.1 Å². The maximum Gasteiger partial charge on any atom is 0.573 e. The van der Waals surface area contributed by atoms with Gasteiger partial charge in [-0.2, -0.15) is 4.99 Å². The Bertz CT molecular complexity index is 1010. The van der Waals surface area contributed by atoms with Crippen LogP contribution in [-0.4, -0.2) is 36.3 Å². The van der Waals surface area contributed by atoms with E-state index >= 15 is 0 Å². The van der Waals surface area contributed by atoms with Gasteiger partial charge in [0.2, 0.25) is 0 Å². The Kier molecular flexibility index (Phi) is 7.06. The molecule has 0 heterocycles. The van der Waals surface area contributed by atoms with Crippen LogP contribution in [0.25, 0.3) is 0 Å². The molecule has 4 N–H and O–H groups in total. The van der Waals surface area contributed by atoms with E-state index in [4.69, 9.17) is 10.1 Å². The molecule has 0 aromatic heterocycles. The van der Waals surface area contributed by atoms with Gasteiger partial charge in [-0.15, -0.1) is 13.2 Å². The highest BCUT2D eigenvalue weighted by Gasteiger charge is 2.40. The van der Waals surface area contributed by atoms with Gasteiger partial charge in [0, 0.05) is 29.7 Å². The number of aliphatic imine (C=N–C) groups is 1. The summed E-state index contributed by atoms with van der Waals surface area (Å²) in [6.07, 6.45) is -2.92. The average molecular weight is 463 g/mol. The second-order valence-electron chi connectivity index (χ2n) is 8.63. The van der Waals surface area contributed by atoms with Gasteiger partial charge in [-0.25, -0.2) is 4.79 Å². The number of rotatable bonds is 6. The van der Waals surface area contributed by atoms with E-state index in [1.165, 1.54) is 30.6 Å². The molecule has 1 amide bonds. The minimum atomic E-state index is -4.73. The molecule has 1 saturated carbocycles. The first kappa shape index (κ1) is 24.2. The Labute approximate surface area is 189 Å². The van der Waals surface area contributed by atoms with Crippen LogP contribution < -0.4 is 15.4 Å². The highest BCUT2D eigenvalue weighted by atomic mass is 19.4. The van der Waals surface area contributed by atoms with Gasteiger partial charge in [-0.05, 0) is 44.9 Å². The molecule has 7 nitrogen and oxygen atoms in total. The SMILES string of the molecule is CC(C)(C)OC(=O)NC1CC1c1ccc(C(=N)N=C[NH2+]c2ccc(OC(F)(F)F)cc2)cc1. The number of alkyl halides is 3. The Balaban J connectivity index is 1.48. The highest BCUT2D eigenvalue weighted by Crippen LogP contribution is 2.41. The lowest BCUT2D eigenvalue weighted by Crippen LogP contribution is -2.76. The number of halogens is 3. The summed E-state index contributed by atoms with van der Waals surface area (Å²) in [7, 11) is 0. The summed E-state index contributed by atoms with van der Waals surface area (Å²) in [4.78, 5) is 15.9. The molecule has 2 atom stereocenters. The number of hydrogen-bond donors (Lipinski definition) is 3. The van der Waals surface area contributed by atoms with Crippen molar-refractivity contribution in [1.29, 1.82) is 5.41 Å². The van der Waals surface area contributed by atoms with E-state index in [1.54, 1.807) is 17.4 Å². The Morgan fingerprint density at radius 2 is 1.76 bits per heavy atom. The van der Waals surface area contributed by atoms with Crippen molar-refractivity contribution in [3.05, 3.63) is 59.7 Å². The minimum absolute atomic E-state index is 0.0330. The van der Waals surface area contributed by atoms with Crippen LogP contribution in [0.4, 0.5) is 23.7 Å². The Morgan fingerprint density at radius 3 is 2.33 bits per heavy atom. The number of nitrogens with two attached hydrogens (primary N) is 1. The van der Waals surface area contributed by atoms with E-state index in [1.807, 2.05) is 32.9 Å². The summed E-state index contributed by atoms with van der Waals surface area (Å²) in [5, 5.41) is 12.5. The lowest BCUT2D eigenvalue weighted by atomic mass is 10.1. The number of hydrogen-bond acceptors (Lipinski definition) is 4.